The van der Waals surface area contributed by atoms with E-state index in [1.54, 1.807) is 24.4 Å². The predicted octanol–water partition coefficient (Wildman–Crippen LogP) is 2.12. The van der Waals surface area contributed by atoms with E-state index in [0.717, 1.165) is 5.56 Å². The average molecular weight is 298 g/mol. The van der Waals surface area contributed by atoms with Gasteiger partial charge in [0.1, 0.15) is 12.1 Å². The standard InChI is InChI=1S/C13H13F3N4O/c14-13(15,16)21-10-3-1-9(2-4-10)7-12(20-17)11-5-6-18-8-19-11/h1-6,8,12,20H,7,17H2. The Morgan fingerprint density at radius 3 is 2.43 bits per heavy atom. The van der Waals surface area contributed by atoms with Crippen molar-refractivity contribution in [2.75, 3.05) is 0 Å². The number of nitrogens with two attached hydrogens (primary N) is 1. The fourth-order valence-electron chi connectivity index (χ4n) is 1.82. The van der Waals surface area contributed by atoms with Crippen molar-refractivity contribution >= 4 is 0 Å². The van der Waals surface area contributed by atoms with Gasteiger partial charge in [-0.25, -0.2) is 9.97 Å². The number of halogens is 3. The molecule has 2 rings (SSSR count). The lowest BCUT2D eigenvalue weighted by Crippen LogP contribution is -2.30. The van der Waals surface area contributed by atoms with E-state index in [1.165, 1.54) is 18.5 Å². The summed E-state index contributed by atoms with van der Waals surface area (Å²) in [5.74, 6) is 5.22. The van der Waals surface area contributed by atoms with Crippen LogP contribution in [0.1, 0.15) is 17.3 Å². The first-order valence-corrected chi connectivity index (χ1v) is 6.04. The quantitative estimate of drug-likeness (QED) is 0.653. The zero-order chi connectivity index (χ0) is 15.3. The third-order valence-corrected chi connectivity index (χ3v) is 2.76. The molecule has 1 heterocycles. The van der Waals surface area contributed by atoms with Crippen molar-refractivity contribution in [3.8, 4) is 5.75 Å². The molecule has 0 saturated heterocycles. The number of nitrogens with zero attached hydrogens (tertiary/aromatic N) is 2. The topological polar surface area (TPSA) is 73.1 Å². The summed E-state index contributed by atoms with van der Waals surface area (Å²) in [6.45, 7) is 0. The molecule has 2 aromatic rings. The predicted molar refractivity (Wildman–Crippen MR) is 68.9 cm³/mol. The minimum atomic E-state index is -4.69. The molecule has 21 heavy (non-hydrogen) atoms. The van der Waals surface area contributed by atoms with Gasteiger partial charge in [0, 0.05) is 6.20 Å². The first-order chi connectivity index (χ1) is 9.98. The Bertz CT molecular complexity index is 560. The molecule has 3 N–H and O–H groups in total. The molecular weight excluding hydrogens is 285 g/mol. The van der Waals surface area contributed by atoms with Crippen LogP contribution in [0.2, 0.25) is 0 Å². The molecule has 1 unspecified atom stereocenters. The smallest absolute Gasteiger partial charge is 0.406 e. The van der Waals surface area contributed by atoms with Crippen molar-refractivity contribution in [2.45, 2.75) is 18.8 Å². The van der Waals surface area contributed by atoms with Gasteiger partial charge in [-0.2, -0.15) is 0 Å². The lowest BCUT2D eigenvalue weighted by Gasteiger charge is -2.15. The highest BCUT2D eigenvalue weighted by Gasteiger charge is 2.30. The molecule has 1 aromatic carbocycles. The van der Waals surface area contributed by atoms with Crippen molar-refractivity contribution in [1.29, 1.82) is 0 Å². The lowest BCUT2D eigenvalue weighted by atomic mass is 10.0. The van der Waals surface area contributed by atoms with Crippen molar-refractivity contribution in [3.05, 3.63) is 54.1 Å². The molecule has 5 nitrogen and oxygen atoms in total. The van der Waals surface area contributed by atoms with Crippen LogP contribution in [0.5, 0.6) is 5.75 Å². The number of benzene rings is 1. The third kappa shape index (κ3) is 4.69. The number of rotatable bonds is 5. The molecule has 1 aromatic heterocycles. The van der Waals surface area contributed by atoms with Gasteiger partial charge in [-0.1, -0.05) is 12.1 Å². The highest BCUT2D eigenvalue weighted by Crippen LogP contribution is 2.24. The fourth-order valence-corrected chi connectivity index (χ4v) is 1.82. The molecule has 0 aliphatic heterocycles. The van der Waals surface area contributed by atoms with Crippen LogP contribution < -0.4 is 16.0 Å². The highest BCUT2D eigenvalue weighted by molar-refractivity contribution is 5.28. The summed E-state index contributed by atoms with van der Waals surface area (Å²) in [5, 5.41) is 0. The second-order valence-electron chi connectivity index (χ2n) is 4.25. The number of hydrogen-bond donors (Lipinski definition) is 2. The van der Waals surface area contributed by atoms with Crippen molar-refractivity contribution in [2.24, 2.45) is 5.84 Å². The van der Waals surface area contributed by atoms with Gasteiger partial charge in [0.15, 0.2) is 0 Å². The van der Waals surface area contributed by atoms with Crippen LogP contribution in [-0.4, -0.2) is 16.3 Å². The molecule has 0 fully saturated rings. The van der Waals surface area contributed by atoms with Crippen LogP contribution in [0, 0.1) is 0 Å². The van der Waals surface area contributed by atoms with Crippen LogP contribution >= 0.6 is 0 Å². The Morgan fingerprint density at radius 2 is 1.90 bits per heavy atom. The minimum Gasteiger partial charge on any atom is -0.406 e. The number of ether oxygens (including phenoxy) is 1. The molecule has 0 bridgehead atoms. The van der Waals surface area contributed by atoms with E-state index in [2.05, 4.69) is 20.1 Å². The molecule has 0 saturated carbocycles. The second-order valence-corrected chi connectivity index (χ2v) is 4.25. The van der Waals surface area contributed by atoms with Gasteiger partial charge >= 0.3 is 6.36 Å². The maximum atomic E-state index is 12.1. The number of aromatic nitrogens is 2. The summed E-state index contributed by atoms with van der Waals surface area (Å²) in [7, 11) is 0. The van der Waals surface area contributed by atoms with Crippen LogP contribution in [0.25, 0.3) is 0 Å². The molecular formula is C13H13F3N4O. The maximum Gasteiger partial charge on any atom is 0.573 e. The molecule has 8 heteroatoms. The van der Waals surface area contributed by atoms with Gasteiger partial charge in [0.25, 0.3) is 0 Å². The van der Waals surface area contributed by atoms with Gasteiger partial charge in [0.05, 0.1) is 11.7 Å². The van der Waals surface area contributed by atoms with E-state index in [4.69, 9.17) is 5.84 Å². The molecule has 1 atom stereocenters. The van der Waals surface area contributed by atoms with Gasteiger partial charge in [-0.3, -0.25) is 11.3 Å². The van der Waals surface area contributed by atoms with Gasteiger partial charge < -0.3 is 4.74 Å². The number of hydrogen-bond acceptors (Lipinski definition) is 5. The first-order valence-electron chi connectivity index (χ1n) is 6.04. The Balaban J connectivity index is 2.05. The summed E-state index contributed by atoms with van der Waals surface area (Å²) in [6, 6.07) is 7.07. The summed E-state index contributed by atoms with van der Waals surface area (Å²) in [4.78, 5) is 7.90. The van der Waals surface area contributed by atoms with E-state index in [0.29, 0.717) is 12.1 Å². The van der Waals surface area contributed by atoms with Crippen molar-refractivity contribution in [1.82, 2.24) is 15.4 Å². The van der Waals surface area contributed by atoms with Crippen LogP contribution in [0.3, 0.4) is 0 Å². The molecule has 0 radical (unpaired) electrons. The lowest BCUT2D eigenvalue weighted by molar-refractivity contribution is -0.274. The average Bonchev–Trinajstić information content (AvgIpc) is 2.46. The highest BCUT2D eigenvalue weighted by atomic mass is 19.4. The zero-order valence-electron chi connectivity index (χ0n) is 10.8. The summed E-state index contributed by atoms with van der Waals surface area (Å²) >= 11 is 0. The monoisotopic (exact) mass is 298 g/mol. The normalized spacial score (nSPS) is 13.0. The Hall–Kier alpha value is -2.19. The Morgan fingerprint density at radius 1 is 1.19 bits per heavy atom. The molecule has 0 aliphatic carbocycles. The molecule has 0 spiro atoms. The van der Waals surface area contributed by atoms with E-state index >= 15 is 0 Å². The van der Waals surface area contributed by atoms with Crippen molar-refractivity contribution < 1.29 is 17.9 Å². The van der Waals surface area contributed by atoms with E-state index in [1.807, 2.05) is 0 Å². The number of hydrazine groups is 1. The summed E-state index contributed by atoms with van der Waals surface area (Å²) in [6.07, 6.45) is -1.23. The summed E-state index contributed by atoms with van der Waals surface area (Å²) < 4.78 is 40.0. The van der Waals surface area contributed by atoms with Gasteiger partial charge in [-0.15, -0.1) is 13.2 Å². The number of alkyl halides is 3. The molecule has 0 aliphatic rings. The summed E-state index contributed by atoms with van der Waals surface area (Å²) in [5.41, 5.74) is 4.11. The minimum absolute atomic E-state index is 0.259. The zero-order valence-corrected chi connectivity index (χ0v) is 10.8. The van der Waals surface area contributed by atoms with Crippen LogP contribution in [0.4, 0.5) is 13.2 Å². The maximum absolute atomic E-state index is 12.1. The van der Waals surface area contributed by atoms with E-state index in [-0.39, 0.29) is 11.8 Å². The largest absolute Gasteiger partial charge is 0.573 e. The van der Waals surface area contributed by atoms with Crippen LogP contribution in [-0.2, 0) is 6.42 Å². The second kappa shape index (κ2) is 6.51. The Labute approximate surface area is 118 Å². The van der Waals surface area contributed by atoms with E-state index < -0.39 is 6.36 Å². The van der Waals surface area contributed by atoms with Gasteiger partial charge in [0.2, 0.25) is 0 Å². The fraction of sp³-hybridized carbons (Fsp3) is 0.231. The van der Waals surface area contributed by atoms with Gasteiger partial charge in [-0.05, 0) is 30.2 Å². The first kappa shape index (κ1) is 15.2. The molecule has 112 valence electrons. The Kier molecular flexibility index (Phi) is 4.71. The van der Waals surface area contributed by atoms with Crippen molar-refractivity contribution in [3.63, 3.8) is 0 Å². The van der Waals surface area contributed by atoms with E-state index in [9.17, 15) is 13.2 Å². The van der Waals surface area contributed by atoms with Crippen LogP contribution in [0.15, 0.2) is 42.9 Å². The number of nitrogens with one attached hydrogen (secondary N) is 1. The third-order valence-electron chi connectivity index (χ3n) is 2.76. The SMILES string of the molecule is NNC(Cc1ccc(OC(F)(F)F)cc1)c1ccncn1. The molecule has 0 amide bonds.